The van der Waals surface area contributed by atoms with E-state index in [4.69, 9.17) is 0 Å². The summed E-state index contributed by atoms with van der Waals surface area (Å²) >= 11 is 5.17. The first-order valence-electron chi connectivity index (χ1n) is 3.99. The molecule has 0 amide bonds. The summed E-state index contributed by atoms with van der Waals surface area (Å²) in [7, 11) is 1.29. The minimum absolute atomic E-state index is 0.595. The number of hydrogen-bond donors (Lipinski definition) is 0. The van der Waals surface area contributed by atoms with Crippen LogP contribution in [0.4, 0.5) is 4.79 Å². The number of hydroxylamine groups is 2. The van der Waals surface area contributed by atoms with Gasteiger partial charge in [-0.15, -0.1) is 0 Å². The van der Waals surface area contributed by atoms with Gasteiger partial charge in [-0.3, -0.25) is 5.11 Å². The van der Waals surface area contributed by atoms with Crippen molar-refractivity contribution in [3.8, 4) is 0 Å². The highest BCUT2D eigenvalue weighted by atomic mass is 32.2. The van der Waals surface area contributed by atoms with Gasteiger partial charge in [0.1, 0.15) is 0 Å². The number of benzene rings is 1. The molecule has 0 aromatic heterocycles. The van der Waals surface area contributed by atoms with Gasteiger partial charge in [0, 0.05) is 11.9 Å². The Morgan fingerprint density at radius 2 is 2.00 bits per heavy atom. The molecule has 0 spiro atoms. The van der Waals surface area contributed by atoms with E-state index in [2.05, 4.69) is 17.1 Å². The number of rotatable bonds is 1. The van der Waals surface area contributed by atoms with Crippen LogP contribution in [-0.2, 0) is 9.94 Å². The molecule has 4 nitrogen and oxygen atoms in total. The van der Waals surface area contributed by atoms with Crippen LogP contribution in [0, 0.1) is 0 Å². The van der Waals surface area contributed by atoms with Crippen LogP contribution in [0.15, 0.2) is 35.2 Å². The van der Waals surface area contributed by atoms with Gasteiger partial charge in [0.05, 0.1) is 0 Å². The minimum Gasteiger partial charge on any atom is -0.326 e. The van der Waals surface area contributed by atoms with E-state index in [-0.39, 0.29) is 0 Å². The molecule has 0 aliphatic rings. The summed E-state index contributed by atoms with van der Waals surface area (Å²) in [6, 6.07) is 8.98. The first-order valence-corrected chi connectivity index (χ1v) is 5.21. The summed E-state index contributed by atoms with van der Waals surface area (Å²) in [5.41, 5.74) is 0. The number of nitrogens with zero attached hydrogens (tertiary/aromatic N) is 1. The molecular formula is C9H8NO3S2. The monoisotopic (exact) mass is 242 g/mol. The van der Waals surface area contributed by atoms with E-state index in [1.165, 1.54) is 7.05 Å². The van der Waals surface area contributed by atoms with Gasteiger partial charge in [-0.1, -0.05) is 18.2 Å². The van der Waals surface area contributed by atoms with Crippen LogP contribution in [0.1, 0.15) is 0 Å². The molecule has 1 rings (SSSR count). The molecule has 0 aliphatic carbocycles. The van der Waals surface area contributed by atoms with Crippen molar-refractivity contribution in [2.24, 2.45) is 0 Å². The smallest absolute Gasteiger partial charge is 0.326 e. The number of thioether (sulfide) groups is 1. The van der Waals surface area contributed by atoms with E-state index in [0.717, 1.165) is 16.7 Å². The second kappa shape index (κ2) is 5.57. The third kappa shape index (κ3) is 4.18. The fourth-order valence-electron chi connectivity index (χ4n) is 0.752. The number of thiocarbonyl (C=S) groups is 1. The molecule has 1 radical (unpaired) electrons. The number of carbonyl (C=O) groups excluding carboxylic acids is 1. The lowest BCUT2D eigenvalue weighted by molar-refractivity contribution is -0.0148. The third-order valence-electron chi connectivity index (χ3n) is 1.41. The molecular weight excluding hydrogens is 234 g/mol. The lowest BCUT2D eigenvalue weighted by Gasteiger charge is -2.11. The quantitative estimate of drug-likeness (QED) is 0.430. The Morgan fingerprint density at radius 1 is 1.40 bits per heavy atom. The predicted octanol–water partition coefficient (Wildman–Crippen LogP) is 2.48. The average Bonchev–Trinajstić information content (AvgIpc) is 2.18. The molecule has 0 unspecified atom stereocenters. The van der Waals surface area contributed by atoms with Crippen LogP contribution in [0.25, 0.3) is 0 Å². The van der Waals surface area contributed by atoms with Crippen LogP contribution in [0.5, 0.6) is 0 Å². The van der Waals surface area contributed by atoms with Crippen molar-refractivity contribution >= 4 is 34.5 Å². The van der Waals surface area contributed by atoms with Gasteiger partial charge in [-0.25, -0.2) is 4.79 Å². The van der Waals surface area contributed by atoms with Crippen molar-refractivity contribution in [2.45, 2.75) is 4.90 Å². The van der Waals surface area contributed by atoms with Gasteiger partial charge in [0.15, 0.2) is 0 Å². The van der Waals surface area contributed by atoms with Crippen LogP contribution < -0.4 is 0 Å². The zero-order chi connectivity index (χ0) is 11.3. The Morgan fingerprint density at radius 3 is 2.53 bits per heavy atom. The minimum atomic E-state index is -0.739. The Hall–Kier alpha value is -1.27. The summed E-state index contributed by atoms with van der Waals surface area (Å²) in [5, 5.41) is 9.97. The zero-order valence-electron chi connectivity index (χ0n) is 7.88. The highest BCUT2D eigenvalue weighted by Crippen LogP contribution is 2.19. The molecule has 0 aliphatic heterocycles. The second-order valence-electron chi connectivity index (χ2n) is 2.52. The van der Waals surface area contributed by atoms with Crippen molar-refractivity contribution in [2.75, 3.05) is 7.05 Å². The van der Waals surface area contributed by atoms with E-state index in [9.17, 15) is 9.90 Å². The Balaban J connectivity index is 2.47. The van der Waals surface area contributed by atoms with E-state index in [0.29, 0.717) is 5.06 Å². The molecule has 6 heteroatoms. The maximum absolute atomic E-state index is 11.2. The fourth-order valence-corrected chi connectivity index (χ4v) is 1.42. The maximum Gasteiger partial charge on any atom is 0.396 e. The van der Waals surface area contributed by atoms with Crippen molar-refractivity contribution in [1.29, 1.82) is 0 Å². The predicted molar refractivity (Wildman–Crippen MR) is 59.8 cm³/mol. The second-order valence-corrected chi connectivity index (χ2v) is 3.88. The highest BCUT2D eigenvalue weighted by Gasteiger charge is 2.12. The van der Waals surface area contributed by atoms with E-state index >= 15 is 0 Å². The molecule has 0 bridgehead atoms. The molecule has 0 fully saturated rings. The lowest BCUT2D eigenvalue weighted by atomic mass is 10.4. The molecule has 15 heavy (non-hydrogen) atoms. The number of carbonyl (C=O) groups is 1. The Bertz CT molecular complexity index is 356. The van der Waals surface area contributed by atoms with Crippen LogP contribution in [-0.4, -0.2) is 22.6 Å². The maximum atomic E-state index is 11.2. The molecule has 0 saturated carbocycles. The topological polar surface area (TPSA) is 49.4 Å². The van der Waals surface area contributed by atoms with Gasteiger partial charge >= 0.3 is 10.5 Å². The summed E-state index contributed by atoms with van der Waals surface area (Å²) < 4.78 is 0. The molecule has 0 saturated heterocycles. The Kier molecular flexibility index (Phi) is 4.38. The molecule has 0 atom stereocenters. The normalized spacial score (nSPS) is 9.40. The summed E-state index contributed by atoms with van der Waals surface area (Å²) in [6.45, 7) is 0. The zero-order valence-corrected chi connectivity index (χ0v) is 9.51. The molecule has 1 aromatic rings. The van der Waals surface area contributed by atoms with Gasteiger partial charge in [-0.05, 0) is 36.1 Å². The van der Waals surface area contributed by atoms with Crippen LogP contribution >= 0.6 is 24.0 Å². The van der Waals surface area contributed by atoms with Gasteiger partial charge in [0.2, 0.25) is 0 Å². The van der Waals surface area contributed by atoms with E-state index in [1.54, 1.807) is 24.3 Å². The van der Waals surface area contributed by atoms with Crippen molar-refractivity contribution < 1.29 is 14.7 Å². The van der Waals surface area contributed by atoms with Crippen LogP contribution in [0.3, 0.4) is 0 Å². The molecule has 1 aromatic carbocycles. The van der Waals surface area contributed by atoms with Gasteiger partial charge < -0.3 is 4.84 Å². The van der Waals surface area contributed by atoms with Crippen molar-refractivity contribution in [1.82, 2.24) is 5.06 Å². The fraction of sp³-hybridized carbons (Fsp3) is 0.111. The van der Waals surface area contributed by atoms with E-state index in [1.807, 2.05) is 6.07 Å². The first-order chi connectivity index (χ1) is 7.09. The average molecular weight is 242 g/mol. The summed E-state index contributed by atoms with van der Waals surface area (Å²) in [5.74, 6) is 0. The summed E-state index contributed by atoms with van der Waals surface area (Å²) in [6.07, 6.45) is 0. The number of hydrogen-bond acceptors (Lipinski definition) is 4. The SMILES string of the molecule is CN(OC(=O)Sc1ccccc1)C([O])=S. The first kappa shape index (κ1) is 11.8. The summed E-state index contributed by atoms with van der Waals surface area (Å²) in [4.78, 5) is 16.6. The van der Waals surface area contributed by atoms with Gasteiger partial charge in [0.25, 0.3) is 0 Å². The lowest BCUT2D eigenvalue weighted by Crippen LogP contribution is -2.25. The largest absolute Gasteiger partial charge is 0.396 e. The standard InChI is InChI=1S/C9H8NO3S2/c1-10(8(11)14)13-9(12)15-7-5-3-2-4-6-7/h2-6H,1H3. The van der Waals surface area contributed by atoms with Gasteiger partial charge in [-0.2, -0.15) is 5.06 Å². The molecule has 79 valence electrons. The molecule has 0 N–H and O–H groups in total. The van der Waals surface area contributed by atoms with E-state index < -0.39 is 10.5 Å². The third-order valence-corrected chi connectivity index (χ3v) is 2.42. The van der Waals surface area contributed by atoms with Crippen molar-refractivity contribution in [3.63, 3.8) is 0 Å². The Labute approximate surface area is 96.8 Å². The van der Waals surface area contributed by atoms with Crippen molar-refractivity contribution in [3.05, 3.63) is 30.3 Å². The highest BCUT2D eigenvalue weighted by molar-refractivity contribution is 8.13. The van der Waals surface area contributed by atoms with Crippen LogP contribution in [0.2, 0.25) is 0 Å². The molecule has 0 heterocycles.